The molecule has 168 valence electrons. The normalized spacial score (nSPS) is 24.8. The maximum absolute atomic E-state index is 13.4. The number of amides is 1. The molecule has 1 fully saturated rings. The predicted molar refractivity (Wildman–Crippen MR) is 125 cm³/mol. The Bertz CT molecular complexity index is 1350. The number of rotatable bonds is 2. The lowest BCUT2D eigenvalue weighted by atomic mass is 9.77. The van der Waals surface area contributed by atoms with E-state index in [0.717, 1.165) is 24.9 Å². The monoisotopic (exact) mass is 443 g/mol. The van der Waals surface area contributed by atoms with Gasteiger partial charge in [-0.05, 0) is 35.1 Å². The number of phenols is 1. The lowest BCUT2D eigenvalue weighted by molar-refractivity contribution is -0.119. The van der Waals surface area contributed by atoms with Crippen LogP contribution in [0.1, 0.15) is 37.3 Å². The molecule has 0 radical (unpaired) electrons. The van der Waals surface area contributed by atoms with Crippen molar-refractivity contribution in [2.75, 3.05) is 23.3 Å². The van der Waals surface area contributed by atoms with Gasteiger partial charge in [0, 0.05) is 24.6 Å². The maximum Gasteiger partial charge on any atom is 0.258 e. The number of aromatic nitrogens is 2. The molecule has 1 amide bonds. The van der Waals surface area contributed by atoms with E-state index in [1.54, 1.807) is 6.07 Å². The minimum Gasteiger partial charge on any atom is -0.508 e. The summed E-state index contributed by atoms with van der Waals surface area (Å²) in [7, 11) is 0. The summed E-state index contributed by atoms with van der Waals surface area (Å²) < 4.78 is 0. The zero-order valence-electron chi connectivity index (χ0n) is 18.5. The number of hydrogen-bond acceptors (Lipinski definition) is 6. The Morgan fingerprint density at radius 2 is 1.82 bits per heavy atom. The second kappa shape index (κ2) is 7.93. The minimum atomic E-state index is -1.18. The zero-order chi connectivity index (χ0) is 23.3. The number of aromatic hydroxyl groups is 1. The van der Waals surface area contributed by atoms with Gasteiger partial charge in [0.15, 0.2) is 0 Å². The van der Waals surface area contributed by atoms with Crippen molar-refractivity contribution in [3.8, 4) is 11.8 Å². The molecule has 3 heterocycles. The lowest BCUT2D eigenvalue weighted by Gasteiger charge is -2.36. The first-order valence-electron chi connectivity index (χ1n) is 11.2. The summed E-state index contributed by atoms with van der Waals surface area (Å²) >= 11 is 0. The van der Waals surface area contributed by atoms with E-state index < -0.39 is 23.3 Å². The van der Waals surface area contributed by atoms with Crippen LogP contribution < -0.4 is 15.8 Å². The van der Waals surface area contributed by atoms with E-state index in [1.165, 1.54) is 6.07 Å². The molecular weight excluding hydrogens is 418 g/mol. The molecule has 0 aliphatic carbocycles. The van der Waals surface area contributed by atoms with Gasteiger partial charge in [0.25, 0.3) is 5.56 Å². The summed E-state index contributed by atoms with van der Waals surface area (Å²) in [5.41, 5.74) is 0.157. The molecule has 0 bridgehead atoms. The number of benzene rings is 2. The molecule has 0 saturated carbocycles. The van der Waals surface area contributed by atoms with Crippen LogP contribution in [0.4, 0.5) is 11.8 Å². The third-order valence-electron chi connectivity index (χ3n) is 6.68. The van der Waals surface area contributed by atoms with Crippen LogP contribution >= 0.6 is 0 Å². The molecule has 2 aromatic carbocycles. The van der Waals surface area contributed by atoms with Gasteiger partial charge in [0.05, 0.1) is 11.6 Å². The third kappa shape index (κ3) is 3.50. The number of aromatic amines is 1. The van der Waals surface area contributed by atoms with Crippen LogP contribution in [0.15, 0.2) is 41.2 Å². The van der Waals surface area contributed by atoms with Crippen molar-refractivity contribution in [3.05, 3.63) is 57.9 Å². The molecule has 4 unspecified atom stereocenters. The highest BCUT2D eigenvalue weighted by atomic mass is 16.3. The molecule has 8 nitrogen and oxygen atoms in total. The number of piperidine rings is 1. The number of anilines is 2. The van der Waals surface area contributed by atoms with Crippen molar-refractivity contribution >= 4 is 28.4 Å². The van der Waals surface area contributed by atoms with Crippen LogP contribution in [0, 0.1) is 29.1 Å². The summed E-state index contributed by atoms with van der Waals surface area (Å²) in [6, 6.07) is 12.7. The number of nitrogens with zero attached hydrogens (tertiary/aromatic N) is 3. The van der Waals surface area contributed by atoms with E-state index in [-0.39, 0.29) is 17.1 Å². The van der Waals surface area contributed by atoms with Crippen molar-refractivity contribution in [3.63, 3.8) is 0 Å². The van der Waals surface area contributed by atoms with E-state index in [4.69, 9.17) is 0 Å². The van der Waals surface area contributed by atoms with Gasteiger partial charge in [-0.15, -0.1) is 0 Å². The molecule has 4 atom stereocenters. The zero-order valence-corrected chi connectivity index (χ0v) is 18.5. The van der Waals surface area contributed by atoms with Gasteiger partial charge in [0.1, 0.15) is 17.5 Å². The van der Waals surface area contributed by atoms with Crippen molar-refractivity contribution in [1.82, 2.24) is 9.97 Å². The smallest absolute Gasteiger partial charge is 0.258 e. The fraction of sp³-hybridized carbons (Fsp3) is 0.360. The van der Waals surface area contributed by atoms with Gasteiger partial charge in [-0.1, -0.05) is 44.2 Å². The van der Waals surface area contributed by atoms with Gasteiger partial charge in [0.2, 0.25) is 11.9 Å². The Hall–Kier alpha value is -3.86. The topological polar surface area (TPSA) is 122 Å². The van der Waals surface area contributed by atoms with Crippen molar-refractivity contribution in [2.24, 2.45) is 17.8 Å². The Kier molecular flexibility index (Phi) is 5.05. The maximum atomic E-state index is 13.4. The van der Waals surface area contributed by atoms with E-state index in [0.29, 0.717) is 28.7 Å². The standard InChI is InChI=1S/C25H25N5O3/c1-13-9-14(2)12-30(11-13)25-28-22-21(24(33)29-25)20(17(10-26)23(32)27-22)19-16-6-4-3-5-15(16)7-8-18(19)31/h3-8,13-14,17,20,31H,9,11-12H2,1-2H3,(H2,27,28,29,32,33). The summed E-state index contributed by atoms with van der Waals surface area (Å²) in [5, 5.41) is 24.9. The Labute approximate surface area is 190 Å². The molecule has 3 N–H and O–H groups in total. The number of carbonyl (C=O) groups is 1. The quantitative estimate of drug-likeness (QED) is 0.558. The van der Waals surface area contributed by atoms with Gasteiger partial charge in [-0.2, -0.15) is 10.2 Å². The van der Waals surface area contributed by atoms with E-state index >= 15 is 0 Å². The van der Waals surface area contributed by atoms with Crippen LogP contribution in [0.3, 0.4) is 0 Å². The Balaban J connectivity index is 1.71. The van der Waals surface area contributed by atoms with E-state index in [1.807, 2.05) is 35.2 Å². The molecule has 1 saturated heterocycles. The Morgan fingerprint density at radius 3 is 2.55 bits per heavy atom. The lowest BCUT2D eigenvalue weighted by Crippen LogP contribution is -2.43. The number of carbonyl (C=O) groups excluding carboxylic acids is 1. The summed E-state index contributed by atoms with van der Waals surface area (Å²) in [6.07, 6.45) is 1.11. The molecule has 1 aromatic heterocycles. The molecule has 5 rings (SSSR count). The number of hydrogen-bond donors (Lipinski definition) is 3. The molecule has 8 heteroatoms. The number of nitriles is 1. The first-order valence-corrected chi connectivity index (χ1v) is 11.2. The third-order valence-corrected chi connectivity index (χ3v) is 6.68. The number of phenolic OH excluding ortho intramolecular Hbond substituents is 1. The van der Waals surface area contributed by atoms with Gasteiger partial charge in [-0.25, -0.2) is 0 Å². The first-order chi connectivity index (χ1) is 15.9. The minimum absolute atomic E-state index is 0.0678. The van der Waals surface area contributed by atoms with Crippen LogP contribution in [0.5, 0.6) is 5.75 Å². The molecule has 3 aromatic rings. The highest BCUT2D eigenvalue weighted by molar-refractivity contribution is 5.99. The second-order valence-electron chi connectivity index (χ2n) is 9.30. The molecular formula is C25H25N5O3. The molecule has 0 spiro atoms. The summed E-state index contributed by atoms with van der Waals surface area (Å²) in [4.78, 5) is 35.9. The second-order valence-corrected chi connectivity index (χ2v) is 9.30. The van der Waals surface area contributed by atoms with Crippen molar-refractivity contribution in [1.29, 1.82) is 5.26 Å². The van der Waals surface area contributed by atoms with Gasteiger partial charge >= 0.3 is 0 Å². The van der Waals surface area contributed by atoms with Crippen LogP contribution in [0.25, 0.3) is 10.8 Å². The van der Waals surface area contributed by atoms with Gasteiger partial charge < -0.3 is 15.3 Å². The SMILES string of the molecule is CC1CC(C)CN(c2nc3c(c(=O)[nH]2)C(c2c(O)ccc4ccccc24)C(C#N)C(=O)N3)C1. The highest BCUT2D eigenvalue weighted by Gasteiger charge is 2.42. The van der Waals surface area contributed by atoms with Crippen molar-refractivity contribution in [2.45, 2.75) is 26.2 Å². The van der Waals surface area contributed by atoms with E-state index in [2.05, 4.69) is 29.1 Å². The Morgan fingerprint density at radius 1 is 1.09 bits per heavy atom. The van der Waals surface area contributed by atoms with Crippen molar-refractivity contribution < 1.29 is 9.90 Å². The number of H-pyrrole nitrogens is 1. The van der Waals surface area contributed by atoms with Crippen LogP contribution in [0.2, 0.25) is 0 Å². The molecule has 2 aliphatic rings. The first kappa shape index (κ1) is 21.0. The van der Waals surface area contributed by atoms with E-state index in [9.17, 15) is 20.0 Å². The van der Waals surface area contributed by atoms with Crippen LogP contribution in [-0.4, -0.2) is 34.1 Å². The van der Waals surface area contributed by atoms with Crippen LogP contribution in [-0.2, 0) is 4.79 Å². The number of fused-ring (bicyclic) bond motifs is 2. The number of nitrogens with one attached hydrogen (secondary N) is 2. The molecule has 2 aliphatic heterocycles. The molecule has 33 heavy (non-hydrogen) atoms. The predicted octanol–water partition coefficient (Wildman–Crippen LogP) is 3.33. The fourth-order valence-corrected chi connectivity index (χ4v) is 5.41. The summed E-state index contributed by atoms with van der Waals surface area (Å²) in [5.74, 6) is -1.27. The fourth-order valence-electron chi connectivity index (χ4n) is 5.41. The largest absolute Gasteiger partial charge is 0.508 e. The average Bonchev–Trinajstić information content (AvgIpc) is 2.77. The average molecular weight is 444 g/mol. The van der Waals surface area contributed by atoms with Gasteiger partial charge in [-0.3, -0.25) is 14.6 Å². The summed E-state index contributed by atoms with van der Waals surface area (Å²) in [6.45, 7) is 5.85. The highest BCUT2D eigenvalue weighted by Crippen LogP contribution is 2.44.